The molecule has 0 saturated heterocycles. The topological polar surface area (TPSA) is 102 Å². The van der Waals surface area contributed by atoms with Crippen LogP contribution in [-0.2, 0) is 13.1 Å². The molecule has 0 aliphatic heterocycles. The van der Waals surface area contributed by atoms with Gasteiger partial charge in [-0.1, -0.05) is 17.3 Å². The first-order valence-electron chi connectivity index (χ1n) is 10.2. The number of nitrogens with zero attached hydrogens (tertiary/aromatic N) is 7. The van der Waals surface area contributed by atoms with Crippen LogP contribution in [0.15, 0.2) is 53.3 Å². The van der Waals surface area contributed by atoms with Gasteiger partial charge in [0.05, 0.1) is 24.0 Å². The number of nitrogens with one attached hydrogen (secondary N) is 1. The highest BCUT2D eigenvalue weighted by Gasteiger charge is 2.17. The Kier molecular flexibility index (Phi) is 5.38. The van der Waals surface area contributed by atoms with Crippen molar-refractivity contribution in [2.24, 2.45) is 0 Å². The van der Waals surface area contributed by atoms with Gasteiger partial charge in [0.2, 0.25) is 5.89 Å². The molecular formula is C22H20F2N8O. The Labute approximate surface area is 187 Å². The number of H-pyrrole nitrogens is 1. The first-order valence-corrected chi connectivity index (χ1v) is 10.2. The van der Waals surface area contributed by atoms with Gasteiger partial charge in [-0.3, -0.25) is 4.98 Å². The fourth-order valence-electron chi connectivity index (χ4n) is 3.58. The minimum Gasteiger partial charge on any atom is -0.415 e. The second-order valence-electron chi connectivity index (χ2n) is 7.90. The molecule has 9 nitrogen and oxygen atoms in total. The monoisotopic (exact) mass is 450 g/mol. The Balaban J connectivity index is 1.30. The van der Waals surface area contributed by atoms with Gasteiger partial charge in [0, 0.05) is 35.4 Å². The maximum Gasteiger partial charge on any atom is 0.314 e. The second kappa shape index (κ2) is 8.51. The Bertz CT molecular complexity index is 1390. The summed E-state index contributed by atoms with van der Waals surface area (Å²) in [6, 6.07) is 9.63. The molecular weight excluding hydrogens is 430 g/mol. The number of hydrogen-bond acceptors (Lipinski definition) is 7. The van der Waals surface area contributed by atoms with E-state index in [0.717, 1.165) is 29.0 Å². The highest BCUT2D eigenvalue weighted by Crippen LogP contribution is 2.26. The van der Waals surface area contributed by atoms with Gasteiger partial charge in [-0.25, -0.2) is 4.68 Å². The molecule has 168 valence electrons. The first-order chi connectivity index (χ1) is 16.0. The van der Waals surface area contributed by atoms with Gasteiger partial charge in [-0.2, -0.15) is 8.78 Å². The lowest BCUT2D eigenvalue weighted by Gasteiger charge is -2.08. The minimum atomic E-state index is -2.81. The number of aromatic amines is 1. The number of fused-ring (bicyclic) bond motifs is 1. The number of alkyl halides is 2. The summed E-state index contributed by atoms with van der Waals surface area (Å²) in [5, 5.41) is 16.6. The standard InChI is InChI=1S/C22H20F2N8O/c1-31(2)10-15-9-26-18-7-13(4-6-17(15)18)19-12-32(30-27-19)11-16-5-3-14(8-25-16)21-28-29-22(33-21)20(23)24/h3-9,12,20,26H,10-11H2,1-2H3. The molecule has 0 fully saturated rings. The van der Waals surface area contributed by atoms with Gasteiger partial charge in [0.15, 0.2) is 0 Å². The smallest absolute Gasteiger partial charge is 0.314 e. The number of aromatic nitrogens is 7. The van der Waals surface area contributed by atoms with Gasteiger partial charge in [0.1, 0.15) is 5.69 Å². The molecule has 0 saturated carbocycles. The van der Waals surface area contributed by atoms with Crippen LogP contribution in [0.25, 0.3) is 33.6 Å². The van der Waals surface area contributed by atoms with E-state index < -0.39 is 12.3 Å². The average molecular weight is 450 g/mol. The summed E-state index contributed by atoms with van der Waals surface area (Å²) in [4.78, 5) is 9.80. The van der Waals surface area contributed by atoms with Crippen molar-refractivity contribution in [2.75, 3.05) is 14.1 Å². The second-order valence-corrected chi connectivity index (χ2v) is 7.90. The van der Waals surface area contributed by atoms with Crippen LogP contribution in [0.2, 0.25) is 0 Å². The molecule has 0 unspecified atom stereocenters. The van der Waals surface area contributed by atoms with Crippen molar-refractivity contribution >= 4 is 10.9 Å². The summed E-state index contributed by atoms with van der Waals surface area (Å²) < 4.78 is 31.9. The van der Waals surface area contributed by atoms with Crippen LogP contribution >= 0.6 is 0 Å². The molecule has 4 aromatic heterocycles. The van der Waals surface area contributed by atoms with Crippen LogP contribution < -0.4 is 0 Å². The van der Waals surface area contributed by atoms with Crippen LogP contribution in [0.3, 0.4) is 0 Å². The van der Waals surface area contributed by atoms with Gasteiger partial charge < -0.3 is 14.3 Å². The van der Waals surface area contributed by atoms with Crippen LogP contribution in [0.1, 0.15) is 23.6 Å². The van der Waals surface area contributed by atoms with Crippen molar-refractivity contribution in [3.8, 4) is 22.7 Å². The Hall–Kier alpha value is -3.99. The third-order valence-electron chi connectivity index (χ3n) is 5.11. The summed E-state index contributed by atoms with van der Waals surface area (Å²) in [5.74, 6) is -0.712. The predicted molar refractivity (Wildman–Crippen MR) is 116 cm³/mol. The molecule has 11 heteroatoms. The van der Waals surface area contributed by atoms with E-state index in [1.165, 1.54) is 17.1 Å². The summed E-state index contributed by atoms with van der Waals surface area (Å²) in [5.41, 5.74) is 5.18. The quantitative estimate of drug-likeness (QED) is 0.401. The molecule has 0 atom stereocenters. The van der Waals surface area contributed by atoms with E-state index >= 15 is 0 Å². The largest absolute Gasteiger partial charge is 0.415 e. The molecule has 0 amide bonds. The van der Waals surface area contributed by atoms with Crippen molar-refractivity contribution in [3.63, 3.8) is 0 Å². The lowest BCUT2D eigenvalue weighted by molar-refractivity contribution is 0.116. The Morgan fingerprint density at radius 1 is 1.09 bits per heavy atom. The van der Waals surface area contributed by atoms with E-state index in [9.17, 15) is 8.78 Å². The van der Waals surface area contributed by atoms with E-state index in [0.29, 0.717) is 12.1 Å². The number of pyridine rings is 1. The molecule has 0 aliphatic carbocycles. The fourth-order valence-corrected chi connectivity index (χ4v) is 3.58. The van der Waals surface area contributed by atoms with E-state index in [1.807, 2.05) is 32.6 Å². The van der Waals surface area contributed by atoms with E-state index in [1.54, 1.807) is 16.8 Å². The summed E-state index contributed by atoms with van der Waals surface area (Å²) in [7, 11) is 4.09. The molecule has 4 heterocycles. The number of benzene rings is 1. The molecule has 0 spiro atoms. The molecule has 1 aromatic carbocycles. The van der Waals surface area contributed by atoms with E-state index in [-0.39, 0.29) is 5.89 Å². The van der Waals surface area contributed by atoms with Gasteiger partial charge in [0.25, 0.3) is 5.89 Å². The third kappa shape index (κ3) is 4.35. The Morgan fingerprint density at radius 2 is 1.94 bits per heavy atom. The van der Waals surface area contributed by atoms with E-state index in [4.69, 9.17) is 4.42 Å². The van der Waals surface area contributed by atoms with Crippen molar-refractivity contribution in [1.29, 1.82) is 0 Å². The number of hydrogen-bond donors (Lipinski definition) is 1. The van der Waals surface area contributed by atoms with Gasteiger partial charge in [-0.15, -0.1) is 15.3 Å². The molecule has 0 bridgehead atoms. The SMILES string of the molecule is CN(C)Cc1c[nH]c2cc(-c3cn(Cc4ccc(-c5nnc(C(F)F)o5)cn4)nn3)ccc12. The Morgan fingerprint density at radius 3 is 2.67 bits per heavy atom. The molecule has 0 aliphatic rings. The molecule has 0 radical (unpaired) electrons. The highest BCUT2D eigenvalue weighted by molar-refractivity contribution is 5.87. The van der Waals surface area contributed by atoms with Crippen molar-refractivity contribution in [2.45, 2.75) is 19.5 Å². The number of halogens is 2. The number of rotatable bonds is 7. The first kappa shape index (κ1) is 20.9. The maximum atomic E-state index is 12.6. The molecule has 33 heavy (non-hydrogen) atoms. The van der Waals surface area contributed by atoms with Gasteiger partial charge >= 0.3 is 6.43 Å². The van der Waals surface area contributed by atoms with Crippen LogP contribution in [-0.4, -0.2) is 54.2 Å². The molecule has 5 aromatic rings. The van der Waals surface area contributed by atoms with Crippen LogP contribution in [0.5, 0.6) is 0 Å². The predicted octanol–water partition coefficient (Wildman–Crippen LogP) is 3.92. The summed E-state index contributed by atoms with van der Waals surface area (Å²) in [6.07, 6.45) is 2.58. The molecule has 5 rings (SSSR count). The van der Waals surface area contributed by atoms with Crippen molar-refractivity contribution in [3.05, 3.63) is 66.1 Å². The lowest BCUT2D eigenvalue weighted by atomic mass is 10.1. The normalized spacial score (nSPS) is 11.8. The maximum absolute atomic E-state index is 12.6. The fraction of sp³-hybridized carbons (Fsp3) is 0.227. The zero-order chi connectivity index (χ0) is 22.9. The van der Waals surface area contributed by atoms with Crippen LogP contribution in [0, 0.1) is 0 Å². The lowest BCUT2D eigenvalue weighted by Crippen LogP contribution is -2.09. The summed E-state index contributed by atoms with van der Waals surface area (Å²) in [6.45, 7) is 1.26. The highest BCUT2D eigenvalue weighted by atomic mass is 19.3. The van der Waals surface area contributed by atoms with Crippen molar-refractivity contribution in [1.82, 2.24) is 40.1 Å². The van der Waals surface area contributed by atoms with Crippen LogP contribution in [0.4, 0.5) is 8.78 Å². The van der Waals surface area contributed by atoms with Crippen molar-refractivity contribution < 1.29 is 13.2 Å². The zero-order valence-electron chi connectivity index (χ0n) is 17.9. The van der Waals surface area contributed by atoms with Gasteiger partial charge in [-0.05, 0) is 37.9 Å². The zero-order valence-corrected chi connectivity index (χ0v) is 17.9. The van der Waals surface area contributed by atoms with E-state index in [2.05, 4.69) is 47.5 Å². The average Bonchev–Trinajstić information content (AvgIpc) is 3.54. The summed E-state index contributed by atoms with van der Waals surface area (Å²) >= 11 is 0. The third-order valence-corrected chi connectivity index (χ3v) is 5.11. The minimum absolute atomic E-state index is 0.000778. The molecule has 1 N–H and O–H groups in total.